The average Bonchev–Trinajstić information content (AvgIpc) is 3.01. The normalized spacial score (nSPS) is 10.7. The van der Waals surface area contributed by atoms with Gasteiger partial charge in [-0.25, -0.2) is 4.98 Å². The van der Waals surface area contributed by atoms with Crippen molar-refractivity contribution < 1.29 is 4.79 Å². The van der Waals surface area contributed by atoms with Gasteiger partial charge in [-0.05, 0) is 55.3 Å². The monoisotopic (exact) mass is 415 g/mol. The molecule has 27 heavy (non-hydrogen) atoms. The van der Waals surface area contributed by atoms with Crippen molar-refractivity contribution in [2.75, 3.05) is 17.2 Å². The molecule has 0 aliphatic carbocycles. The summed E-state index contributed by atoms with van der Waals surface area (Å²) in [6.07, 6.45) is 0.295. The van der Waals surface area contributed by atoms with Gasteiger partial charge in [0.2, 0.25) is 5.91 Å². The molecule has 0 aliphatic heterocycles. The number of aryl methyl sites for hydroxylation is 2. The predicted octanol–water partition coefficient (Wildman–Crippen LogP) is 5.61. The number of halogens is 1. The molecule has 1 heterocycles. The lowest BCUT2D eigenvalue weighted by Crippen LogP contribution is -2.33. The molecular weight excluding hydrogens is 398 g/mol. The first-order valence-electron chi connectivity index (χ1n) is 8.41. The molecule has 0 atom stereocenters. The summed E-state index contributed by atoms with van der Waals surface area (Å²) in [7, 11) is 0. The number of rotatable bonds is 6. The lowest BCUT2D eigenvalue weighted by molar-refractivity contribution is -0.116. The molecule has 1 aromatic heterocycles. The number of amides is 1. The summed E-state index contributed by atoms with van der Waals surface area (Å²) in [5.41, 5.74) is 3.87. The quantitative estimate of drug-likeness (QED) is 0.491. The third kappa shape index (κ3) is 5.01. The van der Waals surface area contributed by atoms with Crippen LogP contribution in [-0.2, 0) is 4.79 Å². The van der Waals surface area contributed by atoms with Gasteiger partial charge in [0.25, 0.3) is 0 Å². The summed E-state index contributed by atoms with van der Waals surface area (Å²) in [5, 5.41) is 9.60. The fourth-order valence-electron chi connectivity index (χ4n) is 2.81. The van der Waals surface area contributed by atoms with Gasteiger partial charge >= 0.3 is 0 Å². The zero-order valence-electron chi connectivity index (χ0n) is 15.0. The zero-order chi connectivity index (χ0) is 19.4. The zero-order valence-corrected chi connectivity index (χ0v) is 17.4. The molecule has 3 rings (SSSR count). The van der Waals surface area contributed by atoms with Gasteiger partial charge in [-0.15, -0.1) is 11.3 Å². The van der Waals surface area contributed by atoms with Crippen molar-refractivity contribution in [1.82, 2.24) is 4.98 Å². The Kier molecular flexibility index (Phi) is 6.38. The van der Waals surface area contributed by atoms with Crippen LogP contribution in [-0.4, -0.2) is 23.2 Å². The number of nitriles is 1. The highest BCUT2D eigenvalue weighted by molar-refractivity contribution is 8.01. The average molecular weight is 416 g/mol. The fourth-order valence-corrected chi connectivity index (χ4v) is 4.90. The van der Waals surface area contributed by atoms with Crippen LogP contribution in [0.25, 0.3) is 10.2 Å². The van der Waals surface area contributed by atoms with E-state index in [1.807, 2.05) is 44.2 Å². The Labute approximate surface area is 171 Å². The summed E-state index contributed by atoms with van der Waals surface area (Å²) in [6, 6.07) is 13.8. The predicted molar refractivity (Wildman–Crippen MR) is 114 cm³/mol. The Balaban J connectivity index is 1.76. The Bertz CT molecular complexity index is 1010. The summed E-state index contributed by atoms with van der Waals surface area (Å²) in [6.45, 7) is 4.39. The van der Waals surface area contributed by atoms with Gasteiger partial charge in [-0.3, -0.25) is 4.79 Å². The third-order valence-corrected chi connectivity index (χ3v) is 6.31. The molecule has 0 bridgehead atoms. The number of thioether (sulfide) groups is 1. The van der Waals surface area contributed by atoms with Crippen molar-refractivity contribution in [3.05, 3.63) is 52.5 Å². The number of fused-ring (bicyclic) bond motifs is 1. The minimum atomic E-state index is -0.0301. The van der Waals surface area contributed by atoms with Crippen LogP contribution in [0.1, 0.15) is 17.5 Å². The van der Waals surface area contributed by atoms with Crippen LogP contribution in [0.5, 0.6) is 0 Å². The number of carbonyl (C=O) groups excluding carboxylic acids is 1. The number of aromatic nitrogens is 1. The topological polar surface area (TPSA) is 57.0 Å². The van der Waals surface area contributed by atoms with Crippen molar-refractivity contribution >= 4 is 56.5 Å². The number of benzene rings is 2. The van der Waals surface area contributed by atoms with Gasteiger partial charge in [0.15, 0.2) is 4.34 Å². The largest absolute Gasteiger partial charge is 0.311 e. The maximum atomic E-state index is 12.9. The maximum Gasteiger partial charge on any atom is 0.237 e. The molecular formula is C20H18ClN3OS2. The highest BCUT2D eigenvalue weighted by atomic mass is 35.5. The highest BCUT2D eigenvalue weighted by Gasteiger charge is 2.17. The third-order valence-electron chi connectivity index (χ3n) is 3.92. The SMILES string of the molecule is Cc1cc(C)cc(N(CCC#N)C(=O)CSc2nc3cc(Cl)ccc3s2)c1. The minimum absolute atomic E-state index is 0.0301. The van der Waals surface area contributed by atoms with Crippen LogP contribution in [0.2, 0.25) is 5.02 Å². The number of hydrogen-bond donors (Lipinski definition) is 0. The Morgan fingerprint density at radius 3 is 2.70 bits per heavy atom. The van der Waals surface area contributed by atoms with E-state index in [0.717, 1.165) is 31.4 Å². The molecule has 0 fully saturated rings. The second-order valence-electron chi connectivity index (χ2n) is 6.18. The number of hydrogen-bond acceptors (Lipinski definition) is 5. The standard InChI is InChI=1S/C20H18ClN3OS2/c1-13-8-14(2)10-16(9-13)24(7-3-6-22)19(25)12-26-20-23-17-11-15(21)4-5-18(17)27-20/h4-5,8-11H,3,7,12H2,1-2H3. The molecule has 0 aliphatic rings. The smallest absolute Gasteiger partial charge is 0.237 e. The van der Waals surface area contributed by atoms with Crippen LogP contribution in [0.3, 0.4) is 0 Å². The van der Waals surface area contributed by atoms with Crippen LogP contribution in [0.15, 0.2) is 40.7 Å². The van der Waals surface area contributed by atoms with Gasteiger partial charge < -0.3 is 4.90 Å². The van der Waals surface area contributed by atoms with Crippen LogP contribution >= 0.6 is 34.7 Å². The molecule has 1 amide bonds. The van der Waals surface area contributed by atoms with Crippen molar-refractivity contribution in [2.24, 2.45) is 0 Å². The first-order valence-corrected chi connectivity index (χ1v) is 10.6. The van der Waals surface area contributed by atoms with Gasteiger partial charge in [0.1, 0.15) is 0 Å². The number of carbonyl (C=O) groups is 1. The molecule has 2 aromatic carbocycles. The number of thiazole rings is 1. The van der Waals surface area contributed by atoms with E-state index in [0.29, 0.717) is 18.0 Å². The Morgan fingerprint density at radius 1 is 1.26 bits per heavy atom. The van der Waals surface area contributed by atoms with Crippen molar-refractivity contribution in [1.29, 1.82) is 5.26 Å². The first kappa shape index (κ1) is 19.7. The summed E-state index contributed by atoms with van der Waals surface area (Å²) in [5.74, 6) is 0.240. The Hall–Kier alpha value is -2.07. The maximum absolute atomic E-state index is 12.9. The summed E-state index contributed by atoms with van der Waals surface area (Å²) < 4.78 is 1.88. The Morgan fingerprint density at radius 2 is 2.00 bits per heavy atom. The molecule has 0 radical (unpaired) electrons. The van der Waals surface area contributed by atoms with Crippen molar-refractivity contribution in [3.8, 4) is 6.07 Å². The van der Waals surface area contributed by atoms with Crippen molar-refractivity contribution in [2.45, 2.75) is 24.6 Å². The first-order chi connectivity index (χ1) is 13.0. The van der Waals surface area contributed by atoms with E-state index in [1.54, 1.807) is 16.2 Å². The number of nitrogens with zero attached hydrogens (tertiary/aromatic N) is 3. The number of anilines is 1. The van der Waals surface area contributed by atoms with Crippen LogP contribution in [0.4, 0.5) is 5.69 Å². The fraction of sp³-hybridized carbons (Fsp3) is 0.250. The van der Waals surface area contributed by atoms with Gasteiger partial charge in [-0.1, -0.05) is 29.4 Å². The highest BCUT2D eigenvalue weighted by Crippen LogP contribution is 2.31. The van der Waals surface area contributed by atoms with E-state index in [4.69, 9.17) is 16.9 Å². The van der Waals surface area contributed by atoms with E-state index >= 15 is 0 Å². The van der Waals surface area contributed by atoms with Crippen LogP contribution in [0, 0.1) is 25.2 Å². The molecule has 138 valence electrons. The molecule has 0 spiro atoms. The molecule has 7 heteroatoms. The van der Waals surface area contributed by atoms with Crippen LogP contribution < -0.4 is 4.90 Å². The molecule has 4 nitrogen and oxygen atoms in total. The molecule has 3 aromatic rings. The van der Waals surface area contributed by atoms with E-state index in [2.05, 4.69) is 17.1 Å². The van der Waals surface area contributed by atoms with E-state index < -0.39 is 0 Å². The second-order valence-corrected chi connectivity index (χ2v) is 8.87. The molecule has 0 saturated carbocycles. The van der Waals surface area contributed by atoms with E-state index in [1.165, 1.54) is 11.8 Å². The van der Waals surface area contributed by atoms with E-state index in [9.17, 15) is 4.79 Å². The lowest BCUT2D eigenvalue weighted by Gasteiger charge is -2.22. The summed E-state index contributed by atoms with van der Waals surface area (Å²) in [4.78, 5) is 19.1. The van der Waals surface area contributed by atoms with Gasteiger partial charge in [-0.2, -0.15) is 5.26 Å². The molecule has 0 unspecified atom stereocenters. The van der Waals surface area contributed by atoms with Gasteiger partial charge in [0, 0.05) is 17.3 Å². The summed E-state index contributed by atoms with van der Waals surface area (Å²) >= 11 is 8.97. The molecule has 0 N–H and O–H groups in total. The lowest BCUT2D eigenvalue weighted by atomic mass is 10.1. The van der Waals surface area contributed by atoms with Crippen molar-refractivity contribution in [3.63, 3.8) is 0 Å². The van der Waals surface area contributed by atoms with E-state index in [-0.39, 0.29) is 11.7 Å². The minimum Gasteiger partial charge on any atom is -0.311 e. The second kappa shape index (κ2) is 8.75. The molecule has 0 saturated heterocycles. The van der Waals surface area contributed by atoms with Gasteiger partial charge in [0.05, 0.1) is 28.5 Å².